The van der Waals surface area contributed by atoms with Crippen LogP contribution in [0.2, 0.25) is 0 Å². The predicted molar refractivity (Wildman–Crippen MR) is 391 cm³/mol. The van der Waals surface area contributed by atoms with Crippen molar-refractivity contribution in [2.24, 2.45) is 5.92 Å². The molecule has 5 atom stereocenters. The molecule has 0 amide bonds. The zero-order chi connectivity index (χ0) is 70.5. The Labute approximate surface area is 588 Å². The van der Waals surface area contributed by atoms with E-state index in [0.717, 1.165) is 102 Å². The van der Waals surface area contributed by atoms with Crippen LogP contribution in [0.4, 0.5) is 0 Å². The Kier molecular flexibility index (Phi) is 68.7. The molecule has 96 heavy (non-hydrogen) atoms. The lowest BCUT2D eigenvalue weighted by molar-refractivity contribution is -0.161. The second kappa shape index (κ2) is 70.1. The summed E-state index contributed by atoms with van der Waals surface area (Å²) in [5, 5.41) is 10.6. The van der Waals surface area contributed by atoms with Gasteiger partial charge in [0.25, 0.3) is 0 Å². The maximum absolute atomic E-state index is 13.1. The van der Waals surface area contributed by atoms with Crippen molar-refractivity contribution in [2.75, 3.05) is 39.6 Å². The van der Waals surface area contributed by atoms with Gasteiger partial charge in [-0.1, -0.05) is 356 Å². The number of phosphoric ester groups is 2. The summed E-state index contributed by atoms with van der Waals surface area (Å²) in [4.78, 5) is 72.6. The van der Waals surface area contributed by atoms with Crippen LogP contribution in [0.25, 0.3) is 0 Å². The third-order valence-electron chi connectivity index (χ3n) is 18.0. The van der Waals surface area contributed by atoms with Gasteiger partial charge in [0.1, 0.15) is 19.3 Å². The molecule has 0 spiro atoms. The van der Waals surface area contributed by atoms with E-state index < -0.39 is 97.5 Å². The van der Waals surface area contributed by atoms with Gasteiger partial charge in [-0.15, -0.1) is 0 Å². The van der Waals surface area contributed by atoms with Crippen LogP contribution in [-0.2, 0) is 65.4 Å². The summed E-state index contributed by atoms with van der Waals surface area (Å²) in [6, 6.07) is 0. The van der Waals surface area contributed by atoms with Crippen molar-refractivity contribution < 1.29 is 80.2 Å². The van der Waals surface area contributed by atoms with Crippen molar-refractivity contribution in [2.45, 2.75) is 425 Å². The van der Waals surface area contributed by atoms with Crippen molar-refractivity contribution in [3.63, 3.8) is 0 Å². The fourth-order valence-electron chi connectivity index (χ4n) is 11.9. The van der Waals surface area contributed by atoms with Crippen LogP contribution >= 0.6 is 15.6 Å². The molecule has 0 aliphatic rings. The number of aliphatic hydroxyl groups excluding tert-OH is 1. The van der Waals surface area contributed by atoms with Crippen LogP contribution in [-0.4, -0.2) is 96.7 Å². The first-order valence-corrected chi connectivity index (χ1v) is 43.1. The number of hydrogen-bond acceptors (Lipinski definition) is 15. The highest BCUT2D eigenvalue weighted by Gasteiger charge is 2.30. The van der Waals surface area contributed by atoms with Gasteiger partial charge in [-0.25, -0.2) is 9.13 Å². The van der Waals surface area contributed by atoms with Crippen molar-refractivity contribution in [1.29, 1.82) is 0 Å². The molecule has 0 aliphatic heterocycles. The first kappa shape index (κ1) is 94.1. The number of carbonyl (C=O) groups excluding carboxylic acids is 4. The van der Waals surface area contributed by atoms with Gasteiger partial charge in [0, 0.05) is 25.7 Å². The molecule has 0 saturated carbocycles. The van der Waals surface area contributed by atoms with E-state index in [9.17, 15) is 43.2 Å². The second-order valence-electron chi connectivity index (χ2n) is 28.2. The monoisotopic (exact) mass is 1410 g/mol. The van der Waals surface area contributed by atoms with Gasteiger partial charge >= 0.3 is 39.5 Å². The molecule has 0 rings (SSSR count). The molecule has 0 aliphatic carbocycles. The molecule has 0 aromatic heterocycles. The number of aliphatic hydroxyl groups is 1. The van der Waals surface area contributed by atoms with Gasteiger partial charge in [-0.2, -0.15) is 0 Å². The van der Waals surface area contributed by atoms with E-state index in [0.29, 0.717) is 25.7 Å². The number of hydrogen-bond donors (Lipinski definition) is 3. The predicted octanol–water partition coefficient (Wildman–Crippen LogP) is 22.9. The van der Waals surface area contributed by atoms with Crippen LogP contribution in [0.3, 0.4) is 0 Å². The van der Waals surface area contributed by atoms with Crippen LogP contribution in [0.15, 0.2) is 0 Å². The fraction of sp³-hybridized carbons (Fsp3) is 0.948. The minimum absolute atomic E-state index is 0.108. The van der Waals surface area contributed by atoms with Crippen LogP contribution < -0.4 is 0 Å². The first-order valence-electron chi connectivity index (χ1n) is 40.1. The van der Waals surface area contributed by atoms with Crippen LogP contribution in [0.5, 0.6) is 0 Å². The summed E-state index contributed by atoms with van der Waals surface area (Å²) in [6.45, 7) is 7.25. The number of rotatable bonds is 77. The Bertz CT molecular complexity index is 1840. The fourth-order valence-corrected chi connectivity index (χ4v) is 13.5. The normalized spacial score (nSPS) is 13.9. The maximum atomic E-state index is 13.1. The topological polar surface area (TPSA) is 237 Å². The maximum Gasteiger partial charge on any atom is 0.472 e. The Balaban J connectivity index is 5.13. The summed E-state index contributed by atoms with van der Waals surface area (Å²) in [5.74, 6) is -1.31. The zero-order valence-electron chi connectivity index (χ0n) is 62.5. The Morgan fingerprint density at radius 1 is 0.281 bits per heavy atom. The number of unbranched alkanes of at least 4 members (excludes halogenated alkanes) is 49. The van der Waals surface area contributed by atoms with Crippen molar-refractivity contribution >= 4 is 39.5 Å². The highest BCUT2D eigenvalue weighted by Crippen LogP contribution is 2.45. The average Bonchev–Trinajstić information content (AvgIpc) is 1.30. The number of phosphoric acid groups is 2. The van der Waals surface area contributed by atoms with Crippen LogP contribution in [0, 0.1) is 5.92 Å². The van der Waals surface area contributed by atoms with E-state index >= 15 is 0 Å². The largest absolute Gasteiger partial charge is 0.472 e. The average molecular weight is 1410 g/mol. The number of esters is 4. The highest BCUT2D eigenvalue weighted by atomic mass is 31.2. The number of carbonyl (C=O) groups is 4. The third-order valence-corrected chi connectivity index (χ3v) is 19.9. The Hall–Kier alpha value is -1.94. The minimum Gasteiger partial charge on any atom is -0.462 e. The van der Waals surface area contributed by atoms with Crippen molar-refractivity contribution in [3.05, 3.63) is 0 Å². The van der Waals surface area contributed by atoms with Gasteiger partial charge < -0.3 is 33.8 Å². The minimum atomic E-state index is -4.96. The molecule has 0 fully saturated rings. The lowest BCUT2D eigenvalue weighted by Gasteiger charge is -2.21. The molecule has 570 valence electrons. The lowest BCUT2D eigenvalue weighted by Crippen LogP contribution is -2.30. The molecule has 17 nitrogen and oxygen atoms in total. The molecular weight excluding hydrogens is 1260 g/mol. The van der Waals surface area contributed by atoms with Crippen LogP contribution in [0.1, 0.15) is 407 Å². The second-order valence-corrected chi connectivity index (χ2v) is 31.1. The molecule has 0 heterocycles. The van der Waals surface area contributed by atoms with E-state index in [1.54, 1.807) is 0 Å². The van der Waals surface area contributed by atoms with Gasteiger partial charge in [-0.05, 0) is 31.6 Å². The third kappa shape index (κ3) is 70.5. The van der Waals surface area contributed by atoms with Gasteiger partial charge in [0.05, 0.1) is 26.4 Å². The first-order chi connectivity index (χ1) is 46.5. The molecule has 0 aromatic carbocycles. The molecule has 0 aromatic rings. The molecule has 2 unspecified atom stereocenters. The molecular formula is C77H150O17P2. The summed E-state index contributed by atoms with van der Waals surface area (Å²) in [6.07, 6.45) is 60.0. The summed E-state index contributed by atoms with van der Waals surface area (Å²) in [5.41, 5.74) is 0. The molecule has 19 heteroatoms. The van der Waals surface area contributed by atoms with E-state index in [1.807, 2.05) is 0 Å². The van der Waals surface area contributed by atoms with Crippen molar-refractivity contribution in [1.82, 2.24) is 0 Å². The molecule has 0 saturated heterocycles. The summed E-state index contributed by atoms with van der Waals surface area (Å²) in [7, 11) is -9.90. The van der Waals surface area contributed by atoms with E-state index in [1.165, 1.54) is 225 Å². The SMILES string of the molecule is CCCCCCCCCCCCCCCCCCC(=O)OC[C@H](COP(=O)(O)OC[C@@H](O)COP(=O)(O)OC[C@@H](COC(=O)CCCCCCC)OC(=O)CCCCCCCCCCCCCCCCCC)OC(=O)CCCCCCCCCCCCCCCCCCC(C)C. The smallest absolute Gasteiger partial charge is 0.462 e. The van der Waals surface area contributed by atoms with Crippen molar-refractivity contribution in [3.8, 4) is 0 Å². The van der Waals surface area contributed by atoms with E-state index in [4.69, 9.17) is 37.0 Å². The summed E-state index contributed by atoms with van der Waals surface area (Å²) >= 11 is 0. The standard InChI is InChI=1S/C77H150O17P2/c1-6-9-12-15-17-19-21-23-25-30-34-38-42-46-51-56-61-75(80)88-67-73(94-77(82)63-58-53-48-44-40-36-32-28-27-29-33-37-41-45-50-54-59-70(4)5)69-92-96(85,86)90-65-71(78)64-89-95(83,84)91-68-72(66-87-74(79)60-55-49-14-11-8-3)93-76(81)62-57-52-47-43-39-35-31-26-24-22-20-18-16-13-10-7-2/h70-73,78H,6-69H2,1-5H3,(H,83,84)(H,85,86)/t71-,72+,73+/m0/s1. The molecule has 0 bridgehead atoms. The lowest BCUT2D eigenvalue weighted by atomic mass is 10.0. The zero-order valence-corrected chi connectivity index (χ0v) is 64.3. The Morgan fingerprint density at radius 3 is 0.708 bits per heavy atom. The van der Waals surface area contributed by atoms with Gasteiger partial charge in [0.2, 0.25) is 0 Å². The molecule has 3 N–H and O–H groups in total. The Morgan fingerprint density at radius 2 is 0.479 bits per heavy atom. The van der Waals surface area contributed by atoms with E-state index in [-0.39, 0.29) is 25.7 Å². The summed E-state index contributed by atoms with van der Waals surface area (Å²) < 4.78 is 68.4. The molecule has 0 radical (unpaired) electrons. The van der Waals surface area contributed by atoms with E-state index in [2.05, 4.69) is 34.6 Å². The highest BCUT2D eigenvalue weighted by molar-refractivity contribution is 7.47. The number of ether oxygens (including phenoxy) is 4. The quantitative estimate of drug-likeness (QED) is 0.0222. The van der Waals surface area contributed by atoms with Gasteiger partial charge in [0.15, 0.2) is 12.2 Å². The van der Waals surface area contributed by atoms with Gasteiger partial charge in [-0.3, -0.25) is 37.3 Å².